The maximum atomic E-state index is 16.6. The van der Waals surface area contributed by atoms with E-state index in [0.717, 1.165) is 71.7 Å². The largest absolute Gasteiger partial charge is 0.508 e. The van der Waals surface area contributed by atoms with E-state index in [1.807, 2.05) is 48.2 Å². The molecule has 2 fully saturated rings. The number of phenolic OH excluding ortho intramolecular Hbond substituents is 2. The fourth-order valence-corrected chi connectivity index (χ4v) is 12.2. The number of Topliss-reactive ketones (excluding diaryl/α,β-unsaturated/α-hetero) is 3. The Balaban J connectivity index is 1.22. The predicted octanol–water partition coefficient (Wildman–Crippen LogP) is 12.0. The number of piperidine rings is 2. The van der Waals surface area contributed by atoms with Crippen LogP contribution in [0.3, 0.4) is 0 Å². The molecule has 76 heavy (non-hydrogen) atoms. The van der Waals surface area contributed by atoms with Crippen LogP contribution in [0.5, 0.6) is 11.5 Å². The summed E-state index contributed by atoms with van der Waals surface area (Å²) in [5.74, 6) is -11.5. The number of halogens is 4. The Bertz CT molecular complexity index is 2860. The lowest BCUT2D eigenvalue weighted by Gasteiger charge is -2.48. The number of phenols is 2. The number of likely N-dealkylation sites (tertiary alicyclic amines) is 2. The standard InChI is InChI=1S/C63H70F4N4O5/c1-39-17-7-9-23-57(39)68(5)29-11-13-31-70-35-49(61(74)47-33-43(72)25-27-55(47)66)59(45-19-15-21-53(64)41(45)3)51(37-70)63(76)52-38-71(32-14-12-30-69(6)58-24-10-8-18-40(58)2)36-50(60(52)46-20-16-22-54(65)42(46)4)62(75)48-34-44(73)26-28-56(48)67/h7-10,15-28,33-34,49-52,59-60,72-73H,11-14,29-32,35-38H2,1-6H3/t49-,50?,51+,52?,59-,60?/m0/s1. The molecule has 6 aromatic rings. The zero-order valence-corrected chi connectivity index (χ0v) is 44.4. The van der Waals surface area contributed by atoms with Crippen LogP contribution in [0.15, 0.2) is 121 Å². The van der Waals surface area contributed by atoms with E-state index in [9.17, 15) is 10.2 Å². The normalized spacial score (nSPS) is 20.1. The highest BCUT2D eigenvalue weighted by atomic mass is 19.1. The van der Waals surface area contributed by atoms with Crippen LogP contribution >= 0.6 is 0 Å². The van der Waals surface area contributed by atoms with Gasteiger partial charge in [0.1, 0.15) is 40.6 Å². The molecule has 0 bridgehead atoms. The minimum absolute atomic E-state index is 0.0873. The summed E-state index contributed by atoms with van der Waals surface area (Å²) in [5, 5.41) is 21.2. The fraction of sp³-hybridized carbons (Fsp3) is 0.381. The molecule has 0 amide bonds. The lowest BCUT2D eigenvalue weighted by Crippen LogP contribution is -2.56. The van der Waals surface area contributed by atoms with E-state index in [0.29, 0.717) is 50.1 Å². The average Bonchev–Trinajstić information content (AvgIpc) is 3.47. The van der Waals surface area contributed by atoms with Crippen LogP contribution in [0.25, 0.3) is 0 Å². The summed E-state index contributed by atoms with van der Waals surface area (Å²) in [6, 6.07) is 31.8. The molecular weight excluding hydrogens is 969 g/mol. The molecule has 8 rings (SSSR count). The molecule has 0 aliphatic carbocycles. The number of hydrogen-bond donors (Lipinski definition) is 2. The number of rotatable bonds is 20. The monoisotopic (exact) mass is 1040 g/mol. The Morgan fingerprint density at radius 1 is 0.487 bits per heavy atom. The highest BCUT2D eigenvalue weighted by molar-refractivity contribution is 6.01. The second-order valence-corrected chi connectivity index (χ2v) is 21.2. The van der Waals surface area contributed by atoms with E-state index < -0.39 is 70.3 Å². The van der Waals surface area contributed by atoms with Gasteiger partial charge >= 0.3 is 0 Å². The number of unbranched alkanes of at least 4 members (excludes halogenated alkanes) is 2. The summed E-state index contributed by atoms with van der Waals surface area (Å²) in [7, 11) is 4.06. The molecular formula is C63H70F4N4O5. The highest BCUT2D eigenvalue weighted by Crippen LogP contribution is 2.48. The Labute approximate surface area is 444 Å². The van der Waals surface area contributed by atoms with Crippen molar-refractivity contribution in [1.29, 1.82) is 0 Å². The molecule has 13 heteroatoms. The molecule has 3 unspecified atom stereocenters. The van der Waals surface area contributed by atoms with Crippen molar-refractivity contribution >= 4 is 28.7 Å². The summed E-state index contributed by atoms with van der Waals surface area (Å²) in [6.45, 7) is 10.0. The van der Waals surface area contributed by atoms with E-state index in [-0.39, 0.29) is 65.7 Å². The summed E-state index contributed by atoms with van der Waals surface area (Å²) in [6.07, 6.45) is 2.83. The topological polar surface area (TPSA) is 105 Å². The Kier molecular flexibility index (Phi) is 17.8. The summed E-state index contributed by atoms with van der Waals surface area (Å²) in [4.78, 5) is 55.4. The third-order valence-electron chi connectivity index (χ3n) is 16.2. The minimum atomic E-state index is -1.12. The van der Waals surface area contributed by atoms with Crippen LogP contribution < -0.4 is 9.80 Å². The molecule has 2 N–H and O–H groups in total. The second-order valence-electron chi connectivity index (χ2n) is 21.2. The van der Waals surface area contributed by atoms with Crippen LogP contribution in [0.2, 0.25) is 0 Å². The molecule has 2 heterocycles. The molecule has 6 aromatic carbocycles. The van der Waals surface area contributed by atoms with Gasteiger partial charge in [-0.3, -0.25) is 14.4 Å². The lowest BCUT2D eigenvalue weighted by molar-refractivity contribution is -0.133. The zero-order valence-electron chi connectivity index (χ0n) is 44.4. The van der Waals surface area contributed by atoms with Gasteiger partial charge in [0.15, 0.2) is 11.6 Å². The van der Waals surface area contributed by atoms with Gasteiger partial charge < -0.3 is 29.8 Å². The van der Waals surface area contributed by atoms with Crippen molar-refractivity contribution in [2.75, 3.05) is 76.3 Å². The van der Waals surface area contributed by atoms with Gasteiger partial charge in [-0.2, -0.15) is 0 Å². The van der Waals surface area contributed by atoms with E-state index in [1.165, 1.54) is 24.3 Å². The molecule has 2 saturated heterocycles. The number of aryl methyl sites for hydroxylation is 2. The van der Waals surface area contributed by atoms with Crippen LogP contribution in [-0.2, 0) is 4.79 Å². The SMILES string of the molecule is Cc1ccccc1N(C)CCCCN1CC(C(=O)c2cc(O)ccc2F)C(c2cccc(F)c2C)C(C(=O)[C@@H]2CN(CCCCN(C)c3ccccc3C)C[C@H](C(=O)c3cc(O)ccc3F)[C@@H]2c2cccc(F)c2C)C1. The van der Waals surface area contributed by atoms with Crippen molar-refractivity contribution in [1.82, 2.24) is 9.80 Å². The molecule has 2 aliphatic rings. The first kappa shape index (κ1) is 55.4. The molecule has 0 aromatic heterocycles. The van der Waals surface area contributed by atoms with Gasteiger partial charge in [0.05, 0.1) is 11.1 Å². The third-order valence-corrected chi connectivity index (χ3v) is 16.2. The first-order valence-corrected chi connectivity index (χ1v) is 26.5. The smallest absolute Gasteiger partial charge is 0.170 e. The van der Waals surface area contributed by atoms with Crippen molar-refractivity contribution in [3.63, 3.8) is 0 Å². The number of nitrogens with zero attached hydrogens (tertiary/aromatic N) is 4. The summed E-state index contributed by atoms with van der Waals surface area (Å²) >= 11 is 0. The first-order valence-electron chi connectivity index (χ1n) is 26.5. The van der Waals surface area contributed by atoms with Gasteiger partial charge in [0, 0.05) is 100 Å². The Morgan fingerprint density at radius 3 is 1.26 bits per heavy atom. The van der Waals surface area contributed by atoms with Crippen LogP contribution in [-0.4, -0.2) is 104 Å². The van der Waals surface area contributed by atoms with E-state index >= 15 is 31.9 Å². The molecule has 2 aliphatic heterocycles. The van der Waals surface area contributed by atoms with Gasteiger partial charge in [0.25, 0.3) is 0 Å². The number of benzene rings is 6. The number of para-hydroxylation sites is 2. The van der Waals surface area contributed by atoms with E-state index in [1.54, 1.807) is 26.0 Å². The highest BCUT2D eigenvalue weighted by Gasteiger charge is 2.52. The molecule has 0 saturated carbocycles. The van der Waals surface area contributed by atoms with Gasteiger partial charge in [-0.25, -0.2) is 17.6 Å². The quantitative estimate of drug-likeness (QED) is 0.0439. The number of ketones is 3. The van der Waals surface area contributed by atoms with Gasteiger partial charge in [-0.05, 0) is 161 Å². The number of hydrogen-bond acceptors (Lipinski definition) is 9. The lowest BCUT2D eigenvalue weighted by atomic mass is 9.62. The maximum Gasteiger partial charge on any atom is 0.170 e. The fourth-order valence-electron chi connectivity index (χ4n) is 12.2. The van der Waals surface area contributed by atoms with Crippen molar-refractivity contribution in [3.8, 4) is 11.5 Å². The number of carbonyl (C=O) groups is 3. The number of carbonyl (C=O) groups excluding carboxylic acids is 3. The molecule has 6 atom stereocenters. The summed E-state index contributed by atoms with van der Waals surface area (Å²) < 4.78 is 63.8. The Morgan fingerprint density at radius 2 is 0.868 bits per heavy atom. The maximum absolute atomic E-state index is 16.6. The Hall–Kier alpha value is -6.83. The average molecular weight is 1040 g/mol. The van der Waals surface area contributed by atoms with Crippen LogP contribution in [0.1, 0.15) is 91.6 Å². The molecule has 0 radical (unpaired) electrons. The first-order chi connectivity index (χ1) is 36.4. The van der Waals surface area contributed by atoms with Gasteiger partial charge in [-0.1, -0.05) is 60.7 Å². The summed E-state index contributed by atoms with van der Waals surface area (Å²) in [5.41, 5.74) is 4.98. The number of anilines is 2. The third kappa shape index (κ3) is 12.2. The minimum Gasteiger partial charge on any atom is -0.508 e. The van der Waals surface area contributed by atoms with Crippen molar-refractivity contribution in [3.05, 3.63) is 189 Å². The van der Waals surface area contributed by atoms with Crippen molar-refractivity contribution in [2.24, 2.45) is 23.7 Å². The van der Waals surface area contributed by atoms with E-state index in [4.69, 9.17) is 0 Å². The second kappa shape index (κ2) is 24.4. The molecule has 400 valence electrons. The van der Waals surface area contributed by atoms with Crippen molar-refractivity contribution in [2.45, 2.75) is 65.2 Å². The molecule has 9 nitrogen and oxygen atoms in total. The van der Waals surface area contributed by atoms with Gasteiger partial charge in [0.2, 0.25) is 0 Å². The van der Waals surface area contributed by atoms with Crippen LogP contribution in [0.4, 0.5) is 28.9 Å². The van der Waals surface area contributed by atoms with Gasteiger partial charge in [-0.15, -0.1) is 0 Å². The molecule has 0 spiro atoms. The number of aromatic hydroxyl groups is 2. The predicted molar refractivity (Wildman–Crippen MR) is 292 cm³/mol. The van der Waals surface area contributed by atoms with Crippen molar-refractivity contribution < 1.29 is 42.2 Å². The zero-order chi connectivity index (χ0) is 54.4. The van der Waals surface area contributed by atoms with E-state index in [2.05, 4.69) is 47.9 Å². The van der Waals surface area contributed by atoms with Crippen LogP contribution in [0, 0.1) is 74.6 Å².